The van der Waals surface area contributed by atoms with Crippen molar-refractivity contribution in [2.45, 2.75) is 67.2 Å². The van der Waals surface area contributed by atoms with Gasteiger partial charge in [-0.2, -0.15) is 0 Å². The van der Waals surface area contributed by atoms with Crippen LogP contribution in [0, 0.1) is 16.7 Å². The lowest BCUT2D eigenvalue weighted by atomic mass is 9.81. The van der Waals surface area contributed by atoms with E-state index in [0.29, 0.717) is 17.4 Å². The first kappa shape index (κ1) is 17.9. The molecule has 18 heavy (non-hydrogen) atoms. The van der Waals surface area contributed by atoms with Crippen LogP contribution >= 0.6 is 0 Å². The van der Waals surface area contributed by atoms with Crippen molar-refractivity contribution in [1.29, 1.82) is 0 Å². The van der Waals surface area contributed by atoms with E-state index in [-0.39, 0.29) is 0 Å². The van der Waals surface area contributed by atoms with Gasteiger partial charge in [-0.1, -0.05) is 41.5 Å². The Kier molecular flexibility index (Phi) is 8.13. The van der Waals surface area contributed by atoms with Crippen LogP contribution in [0.5, 0.6) is 0 Å². The Hall–Kier alpha value is -0.0800. The van der Waals surface area contributed by atoms with Crippen LogP contribution in [0.4, 0.5) is 0 Å². The van der Waals surface area contributed by atoms with Crippen molar-refractivity contribution >= 4 is 0 Å². The van der Waals surface area contributed by atoms with Crippen LogP contribution in [0.15, 0.2) is 0 Å². The summed E-state index contributed by atoms with van der Waals surface area (Å²) in [6.45, 7) is 16.2. The van der Waals surface area contributed by atoms with E-state index < -0.39 is 0 Å². The maximum atomic E-state index is 8.98. The molecule has 0 fully saturated rings. The van der Waals surface area contributed by atoms with E-state index in [2.05, 4.69) is 46.9 Å². The van der Waals surface area contributed by atoms with E-state index in [4.69, 9.17) is 5.11 Å². The van der Waals surface area contributed by atoms with E-state index in [0.717, 1.165) is 31.8 Å². The summed E-state index contributed by atoms with van der Waals surface area (Å²) in [5, 5.41) is 12.5. The third-order valence-electron chi connectivity index (χ3n) is 3.06. The Bertz CT molecular complexity index is 200. The summed E-state index contributed by atoms with van der Waals surface area (Å²) in [5.41, 5.74) is 0.759. The molecule has 0 aliphatic rings. The van der Waals surface area contributed by atoms with Crippen LogP contribution in [0.1, 0.15) is 67.2 Å². The van der Waals surface area contributed by atoms with E-state index in [1.54, 1.807) is 0 Å². The van der Waals surface area contributed by atoms with Gasteiger partial charge in [-0.25, -0.2) is 0 Å². The summed E-state index contributed by atoms with van der Waals surface area (Å²) in [4.78, 5) is 0. The molecule has 0 aromatic carbocycles. The van der Waals surface area contributed by atoms with Crippen molar-refractivity contribution in [2.75, 3.05) is 19.7 Å². The monoisotopic (exact) mass is 257 g/mol. The van der Waals surface area contributed by atoms with Crippen LogP contribution in [0.2, 0.25) is 0 Å². The molecule has 2 heteroatoms. The van der Waals surface area contributed by atoms with E-state index in [1.165, 1.54) is 12.8 Å². The topological polar surface area (TPSA) is 32.3 Å². The second-order valence-corrected chi connectivity index (χ2v) is 8.02. The molecule has 0 aromatic rings. The fourth-order valence-corrected chi connectivity index (χ4v) is 2.36. The Balaban J connectivity index is 3.93. The predicted octanol–water partition coefficient (Wildman–Crippen LogP) is 3.84. The maximum absolute atomic E-state index is 8.98. The predicted molar refractivity (Wildman–Crippen MR) is 80.8 cm³/mol. The van der Waals surface area contributed by atoms with Gasteiger partial charge in [-0.3, -0.25) is 0 Å². The van der Waals surface area contributed by atoms with E-state index in [9.17, 15) is 0 Å². The molecule has 0 aliphatic heterocycles. The number of hydrogen-bond acceptors (Lipinski definition) is 2. The fraction of sp³-hybridized carbons (Fsp3) is 1.00. The van der Waals surface area contributed by atoms with Gasteiger partial charge in [0.2, 0.25) is 0 Å². The zero-order chi connectivity index (χ0) is 14.2. The van der Waals surface area contributed by atoms with Gasteiger partial charge < -0.3 is 10.4 Å². The molecule has 0 radical (unpaired) electrons. The fourth-order valence-electron chi connectivity index (χ4n) is 2.36. The molecule has 2 nitrogen and oxygen atoms in total. The highest BCUT2D eigenvalue weighted by atomic mass is 16.2. The van der Waals surface area contributed by atoms with E-state index >= 15 is 0 Å². The number of nitrogens with one attached hydrogen (secondary N) is 1. The minimum atomic E-state index is 0.329. The van der Waals surface area contributed by atoms with Crippen LogP contribution in [-0.2, 0) is 0 Å². The zero-order valence-corrected chi connectivity index (χ0v) is 13.5. The highest BCUT2D eigenvalue weighted by Gasteiger charge is 2.18. The quantitative estimate of drug-likeness (QED) is 0.648. The van der Waals surface area contributed by atoms with Crippen LogP contribution in [-0.4, -0.2) is 24.8 Å². The van der Waals surface area contributed by atoms with Crippen molar-refractivity contribution in [3.8, 4) is 0 Å². The highest BCUT2D eigenvalue weighted by molar-refractivity contribution is 4.71. The average molecular weight is 257 g/mol. The molecule has 0 rings (SSSR count). The summed E-state index contributed by atoms with van der Waals surface area (Å²) in [6.07, 6.45) is 4.59. The van der Waals surface area contributed by atoms with Crippen molar-refractivity contribution in [1.82, 2.24) is 5.32 Å². The minimum absolute atomic E-state index is 0.329. The summed E-state index contributed by atoms with van der Waals surface area (Å²) in [7, 11) is 0. The summed E-state index contributed by atoms with van der Waals surface area (Å²) in [6, 6.07) is 0. The SMILES string of the molecule is CC(C)(C)CNCC[C@@H](CCCO)CC(C)(C)C. The lowest BCUT2D eigenvalue weighted by molar-refractivity contribution is 0.230. The first-order valence-corrected chi connectivity index (χ1v) is 7.46. The standard InChI is InChI=1S/C16H35NO/c1-15(2,3)12-14(8-7-11-18)9-10-17-13-16(4,5)6/h14,17-18H,7-13H2,1-6H3/t14-/m1/s1. The van der Waals surface area contributed by atoms with Gasteiger partial charge in [-0.05, 0) is 55.5 Å². The Morgan fingerprint density at radius 1 is 0.944 bits per heavy atom. The Morgan fingerprint density at radius 3 is 2.00 bits per heavy atom. The van der Waals surface area contributed by atoms with Crippen molar-refractivity contribution in [3.63, 3.8) is 0 Å². The first-order valence-electron chi connectivity index (χ1n) is 7.46. The molecule has 110 valence electrons. The lowest BCUT2D eigenvalue weighted by Gasteiger charge is -2.27. The smallest absolute Gasteiger partial charge is 0.0431 e. The van der Waals surface area contributed by atoms with Gasteiger partial charge in [0, 0.05) is 6.61 Å². The molecule has 0 amide bonds. The third-order valence-corrected chi connectivity index (χ3v) is 3.06. The second-order valence-electron chi connectivity index (χ2n) is 8.02. The lowest BCUT2D eigenvalue weighted by Crippen LogP contribution is -2.29. The zero-order valence-electron chi connectivity index (χ0n) is 13.5. The second kappa shape index (κ2) is 8.16. The van der Waals surface area contributed by atoms with Gasteiger partial charge in [-0.15, -0.1) is 0 Å². The van der Waals surface area contributed by atoms with Crippen molar-refractivity contribution < 1.29 is 5.11 Å². The summed E-state index contributed by atoms with van der Waals surface area (Å²) < 4.78 is 0. The molecular weight excluding hydrogens is 222 g/mol. The van der Waals surface area contributed by atoms with Gasteiger partial charge in [0.1, 0.15) is 0 Å². The van der Waals surface area contributed by atoms with E-state index in [1.807, 2.05) is 0 Å². The Labute approximate surface area is 115 Å². The molecule has 0 saturated heterocycles. The largest absolute Gasteiger partial charge is 0.396 e. The molecule has 1 atom stereocenters. The molecule has 0 aromatic heterocycles. The number of aliphatic hydroxyl groups is 1. The summed E-state index contributed by atoms with van der Waals surface area (Å²) in [5.74, 6) is 0.740. The molecule has 0 bridgehead atoms. The maximum Gasteiger partial charge on any atom is 0.0431 e. The van der Waals surface area contributed by atoms with Crippen molar-refractivity contribution in [2.24, 2.45) is 16.7 Å². The highest BCUT2D eigenvalue weighted by Crippen LogP contribution is 2.29. The number of aliphatic hydroxyl groups excluding tert-OH is 1. The van der Waals surface area contributed by atoms with Crippen LogP contribution in [0.3, 0.4) is 0 Å². The first-order chi connectivity index (χ1) is 8.14. The van der Waals surface area contributed by atoms with Gasteiger partial charge in [0.15, 0.2) is 0 Å². The molecule has 0 unspecified atom stereocenters. The number of rotatable bonds is 8. The molecule has 0 aliphatic carbocycles. The van der Waals surface area contributed by atoms with Crippen LogP contribution < -0.4 is 5.32 Å². The summed E-state index contributed by atoms with van der Waals surface area (Å²) >= 11 is 0. The minimum Gasteiger partial charge on any atom is -0.396 e. The van der Waals surface area contributed by atoms with Gasteiger partial charge in [0.25, 0.3) is 0 Å². The third kappa shape index (κ3) is 12.4. The van der Waals surface area contributed by atoms with Gasteiger partial charge in [0.05, 0.1) is 0 Å². The van der Waals surface area contributed by atoms with Gasteiger partial charge >= 0.3 is 0 Å². The van der Waals surface area contributed by atoms with Crippen molar-refractivity contribution in [3.05, 3.63) is 0 Å². The molecule has 2 N–H and O–H groups in total. The normalized spacial score (nSPS) is 14.8. The average Bonchev–Trinajstić information content (AvgIpc) is 2.17. The molecular formula is C16H35NO. The Morgan fingerprint density at radius 2 is 1.56 bits per heavy atom. The van der Waals surface area contributed by atoms with Crippen LogP contribution in [0.25, 0.3) is 0 Å². The number of hydrogen-bond donors (Lipinski definition) is 2. The molecule has 0 heterocycles. The molecule has 0 saturated carbocycles. The molecule has 0 spiro atoms.